The molecule has 0 radical (unpaired) electrons. The highest BCUT2D eigenvalue weighted by Gasteiger charge is 2.48. The molecule has 5 rings (SSSR count). The first-order valence-corrected chi connectivity index (χ1v) is 13.4. The lowest BCUT2D eigenvalue weighted by Gasteiger charge is -2.48. The lowest BCUT2D eigenvalue weighted by molar-refractivity contribution is -0.117. The van der Waals surface area contributed by atoms with Gasteiger partial charge in [0.1, 0.15) is 5.82 Å². The Balaban J connectivity index is 1.61. The molecule has 1 heterocycles. The maximum atomic E-state index is 14.3. The van der Waals surface area contributed by atoms with Crippen LogP contribution in [0.4, 0.5) is 4.39 Å². The largest absolute Gasteiger partial charge is 0.389 e. The second kappa shape index (κ2) is 10.5. The molecule has 5 heteroatoms. The molecule has 3 nitrogen and oxygen atoms in total. The van der Waals surface area contributed by atoms with Gasteiger partial charge in [0, 0.05) is 28.5 Å². The minimum atomic E-state index is -1.18. The van der Waals surface area contributed by atoms with Gasteiger partial charge in [-0.2, -0.15) is 0 Å². The standard InChI is InChI=1S/C32H33ClFNO2/c1-31(20-22-6-3-2-4-7-22)21-32(37,16-17-35-31)30(24-10-13-26(33)14-11-24)28-19-25-18-27(34)15-12-23(25)8-5-9-29(28)36/h2-4,6-7,10-15,18-19,30,35,37H,5,8-9,16-17,20-21H2,1H3. The third-order valence-corrected chi connectivity index (χ3v) is 8.14. The topological polar surface area (TPSA) is 49.3 Å². The van der Waals surface area contributed by atoms with E-state index in [1.807, 2.05) is 42.5 Å². The summed E-state index contributed by atoms with van der Waals surface area (Å²) in [6.45, 7) is 2.76. The van der Waals surface area contributed by atoms with Gasteiger partial charge in [-0.3, -0.25) is 4.79 Å². The van der Waals surface area contributed by atoms with Gasteiger partial charge in [0.05, 0.1) is 5.60 Å². The molecule has 37 heavy (non-hydrogen) atoms. The average molecular weight is 518 g/mol. The number of aryl methyl sites for hydroxylation is 1. The zero-order chi connectivity index (χ0) is 26.0. The smallest absolute Gasteiger partial charge is 0.159 e. The molecule has 2 N–H and O–H groups in total. The van der Waals surface area contributed by atoms with E-state index in [1.54, 1.807) is 12.1 Å². The van der Waals surface area contributed by atoms with E-state index in [4.69, 9.17) is 11.6 Å². The number of benzene rings is 3. The minimum absolute atomic E-state index is 0.00609. The highest BCUT2D eigenvalue weighted by atomic mass is 35.5. The van der Waals surface area contributed by atoms with Crippen molar-refractivity contribution in [2.24, 2.45) is 0 Å². The predicted octanol–water partition coefficient (Wildman–Crippen LogP) is 6.67. The lowest BCUT2D eigenvalue weighted by Crippen LogP contribution is -2.59. The maximum Gasteiger partial charge on any atom is 0.159 e. The summed E-state index contributed by atoms with van der Waals surface area (Å²) < 4.78 is 14.3. The van der Waals surface area contributed by atoms with Crippen molar-refractivity contribution >= 4 is 23.5 Å². The Bertz CT molecular complexity index is 1310. The maximum absolute atomic E-state index is 14.3. The monoisotopic (exact) mass is 517 g/mol. The van der Waals surface area contributed by atoms with E-state index >= 15 is 0 Å². The van der Waals surface area contributed by atoms with Crippen LogP contribution in [0.3, 0.4) is 0 Å². The highest BCUT2D eigenvalue weighted by Crippen LogP contribution is 2.46. The van der Waals surface area contributed by atoms with Gasteiger partial charge in [0.2, 0.25) is 0 Å². The minimum Gasteiger partial charge on any atom is -0.389 e. The summed E-state index contributed by atoms with van der Waals surface area (Å²) in [5.41, 5.74) is 2.76. The first-order valence-electron chi connectivity index (χ1n) is 13.0. The fourth-order valence-electron chi connectivity index (χ4n) is 6.26. The third-order valence-electron chi connectivity index (χ3n) is 7.89. The molecular weight excluding hydrogens is 485 g/mol. The predicted molar refractivity (Wildman–Crippen MR) is 147 cm³/mol. The first-order chi connectivity index (χ1) is 17.7. The van der Waals surface area contributed by atoms with Crippen LogP contribution in [0.5, 0.6) is 0 Å². The van der Waals surface area contributed by atoms with Crippen LogP contribution in [0.15, 0.2) is 78.4 Å². The molecular formula is C32H33ClFNO2. The molecule has 0 amide bonds. The summed E-state index contributed by atoms with van der Waals surface area (Å²) >= 11 is 6.22. The summed E-state index contributed by atoms with van der Waals surface area (Å²) in [6, 6.07) is 22.5. The van der Waals surface area contributed by atoms with Crippen molar-refractivity contribution in [3.8, 4) is 0 Å². The molecule has 0 spiro atoms. The van der Waals surface area contributed by atoms with E-state index in [-0.39, 0.29) is 17.1 Å². The van der Waals surface area contributed by atoms with E-state index in [2.05, 4.69) is 24.4 Å². The Morgan fingerprint density at radius 1 is 1.05 bits per heavy atom. The van der Waals surface area contributed by atoms with Gasteiger partial charge in [0.15, 0.2) is 5.78 Å². The zero-order valence-electron chi connectivity index (χ0n) is 21.1. The summed E-state index contributed by atoms with van der Waals surface area (Å²) in [6.07, 6.45) is 5.34. The number of piperidine rings is 1. The molecule has 1 saturated heterocycles. The van der Waals surface area contributed by atoms with E-state index < -0.39 is 11.5 Å². The van der Waals surface area contributed by atoms with E-state index in [9.17, 15) is 14.3 Å². The zero-order valence-corrected chi connectivity index (χ0v) is 21.9. The molecule has 1 aliphatic heterocycles. The first kappa shape index (κ1) is 25.8. The number of ketones is 1. The Morgan fingerprint density at radius 3 is 2.57 bits per heavy atom. The third kappa shape index (κ3) is 5.72. The van der Waals surface area contributed by atoms with Crippen LogP contribution in [0, 0.1) is 5.82 Å². The van der Waals surface area contributed by atoms with Crippen LogP contribution in [0.1, 0.15) is 60.8 Å². The number of fused-ring (bicyclic) bond motifs is 1. The number of nitrogens with one attached hydrogen (secondary N) is 1. The molecule has 192 valence electrons. The SMILES string of the molecule is CC1(Cc2ccccc2)CC(O)(C(C2=Cc3cc(F)ccc3CCCC2=O)c2ccc(Cl)cc2)CCN1. The van der Waals surface area contributed by atoms with Gasteiger partial charge in [0.25, 0.3) is 0 Å². The molecule has 1 fully saturated rings. The lowest BCUT2D eigenvalue weighted by atomic mass is 9.65. The number of aliphatic hydroxyl groups is 1. The number of halogens is 2. The fourth-order valence-corrected chi connectivity index (χ4v) is 6.39. The second-order valence-electron chi connectivity index (χ2n) is 10.9. The number of rotatable bonds is 5. The van der Waals surface area contributed by atoms with Crippen LogP contribution >= 0.6 is 11.6 Å². The quantitative estimate of drug-likeness (QED) is 0.397. The molecule has 0 saturated carbocycles. The molecule has 3 atom stereocenters. The van der Waals surface area contributed by atoms with Crippen molar-refractivity contribution < 1.29 is 14.3 Å². The van der Waals surface area contributed by atoms with Gasteiger partial charge < -0.3 is 10.4 Å². The fraction of sp³-hybridized carbons (Fsp3) is 0.344. The Labute approximate surface area is 223 Å². The van der Waals surface area contributed by atoms with Crippen LogP contribution in [0.2, 0.25) is 5.02 Å². The molecule has 3 unspecified atom stereocenters. The van der Waals surface area contributed by atoms with Crippen molar-refractivity contribution in [3.63, 3.8) is 0 Å². The van der Waals surface area contributed by atoms with Crippen LogP contribution in [-0.4, -0.2) is 28.6 Å². The van der Waals surface area contributed by atoms with Crippen molar-refractivity contribution in [2.45, 2.75) is 62.5 Å². The van der Waals surface area contributed by atoms with E-state index in [1.165, 1.54) is 17.7 Å². The van der Waals surface area contributed by atoms with Gasteiger partial charge in [-0.15, -0.1) is 0 Å². The van der Waals surface area contributed by atoms with Gasteiger partial charge in [-0.1, -0.05) is 60.1 Å². The molecule has 0 aromatic heterocycles. The normalized spacial score (nSPS) is 25.0. The Hall–Kier alpha value is -2.79. The van der Waals surface area contributed by atoms with Gasteiger partial charge in [-0.25, -0.2) is 4.39 Å². The number of carbonyl (C=O) groups excluding carboxylic acids is 1. The number of hydrogen-bond acceptors (Lipinski definition) is 3. The summed E-state index contributed by atoms with van der Waals surface area (Å²) in [7, 11) is 0. The Morgan fingerprint density at radius 2 is 1.81 bits per heavy atom. The van der Waals surface area contributed by atoms with Gasteiger partial charge in [-0.05, 0) is 98.2 Å². The second-order valence-corrected chi connectivity index (χ2v) is 11.3. The van der Waals surface area contributed by atoms with Crippen molar-refractivity contribution in [1.29, 1.82) is 0 Å². The van der Waals surface area contributed by atoms with E-state index in [0.717, 1.165) is 24.0 Å². The summed E-state index contributed by atoms with van der Waals surface area (Å²) in [5.74, 6) is -0.892. The van der Waals surface area contributed by atoms with Crippen molar-refractivity contribution in [2.75, 3.05) is 6.54 Å². The van der Waals surface area contributed by atoms with Gasteiger partial charge >= 0.3 is 0 Å². The summed E-state index contributed by atoms with van der Waals surface area (Å²) in [4.78, 5) is 13.7. The highest BCUT2D eigenvalue weighted by molar-refractivity contribution is 6.30. The average Bonchev–Trinajstić information content (AvgIpc) is 2.85. The number of Topliss-reactive ketones (excluding diaryl/α,β-unsaturated/α-hetero) is 1. The van der Waals surface area contributed by atoms with Crippen molar-refractivity contribution in [3.05, 3.63) is 111 Å². The number of carbonyl (C=O) groups is 1. The molecule has 1 aliphatic carbocycles. The Kier molecular flexibility index (Phi) is 7.35. The van der Waals surface area contributed by atoms with E-state index in [0.29, 0.717) is 48.4 Å². The molecule has 2 aliphatic rings. The summed E-state index contributed by atoms with van der Waals surface area (Å²) in [5, 5.41) is 16.7. The van der Waals surface area contributed by atoms with Crippen LogP contribution in [0.25, 0.3) is 6.08 Å². The molecule has 3 aromatic rings. The molecule has 3 aromatic carbocycles. The number of hydrogen-bond donors (Lipinski definition) is 2. The van der Waals surface area contributed by atoms with Crippen LogP contribution < -0.4 is 5.32 Å². The van der Waals surface area contributed by atoms with Crippen molar-refractivity contribution in [1.82, 2.24) is 5.32 Å². The van der Waals surface area contributed by atoms with Crippen LogP contribution in [-0.2, 0) is 17.6 Å². The molecule has 0 bridgehead atoms.